The number of fused-ring (bicyclic) bond motifs is 1. The van der Waals surface area contributed by atoms with Gasteiger partial charge in [-0.05, 0) is 23.6 Å². The Balaban J connectivity index is 2.42. The number of rotatable bonds is 1. The van der Waals surface area contributed by atoms with E-state index in [-0.39, 0.29) is 0 Å². The molecule has 15 heavy (non-hydrogen) atoms. The number of hydrogen-bond acceptors (Lipinski definition) is 2. The summed E-state index contributed by atoms with van der Waals surface area (Å²) in [6.45, 7) is 5.82. The molecule has 0 N–H and O–H groups in total. The van der Waals surface area contributed by atoms with Crippen molar-refractivity contribution < 1.29 is 9.47 Å². The van der Waals surface area contributed by atoms with E-state index in [4.69, 9.17) is 9.47 Å². The molecule has 1 aromatic carbocycles. The summed E-state index contributed by atoms with van der Waals surface area (Å²) in [7, 11) is 0. The van der Waals surface area contributed by atoms with Crippen LogP contribution in [0.1, 0.15) is 31.7 Å². The van der Waals surface area contributed by atoms with Gasteiger partial charge in [0.1, 0.15) is 0 Å². The number of ether oxygens (including phenoxy) is 2. The Morgan fingerprint density at radius 3 is 2.33 bits per heavy atom. The van der Waals surface area contributed by atoms with Gasteiger partial charge in [0.25, 0.3) is 0 Å². The predicted octanol–water partition coefficient (Wildman–Crippen LogP) is 3.73. The zero-order valence-corrected chi connectivity index (χ0v) is 10.6. The first kappa shape index (κ1) is 10.8. The second-order valence-electron chi connectivity index (χ2n) is 4.03. The van der Waals surface area contributed by atoms with Gasteiger partial charge in [-0.1, -0.05) is 29.8 Å². The first-order chi connectivity index (χ1) is 7.18. The normalized spacial score (nSPS) is 15.2. The number of halogens is 1. The molecule has 2 rings (SSSR count). The molecule has 1 aromatic rings. The average Bonchev–Trinajstić information content (AvgIpc) is 2.40. The van der Waals surface area contributed by atoms with Crippen molar-refractivity contribution >= 4 is 15.9 Å². The lowest BCUT2D eigenvalue weighted by Crippen LogP contribution is -1.97. The van der Waals surface area contributed by atoms with Crippen molar-refractivity contribution in [3.63, 3.8) is 0 Å². The van der Waals surface area contributed by atoms with Crippen molar-refractivity contribution in [3.8, 4) is 11.5 Å². The minimum atomic E-state index is 0.483. The first-order valence-corrected chi connectivity index (χ1v) is 6.07. The van der Waals surface area contributed by atoms with E-state index >= 15 is 0 Å². The molecular formula is C12H15BrO2. The van der Waals surface area contributed by atoms with Crippen LogP contribution in [0.4, 0.5) is 0 Å². The summed E-state index contributed by atoms with van der Waals surface area (Å²) < 4.78 is 12.4. The van der Waals surface area contributed by atoms with Gasteiger partial charge in [0.2, 0.25) is 0 Å². The van der Waals surface area contributed by atoms with Gasteiger partial charge in [-0.15, -0.1) is 0 Å². The lowest BCUT2D eigenvalue weighted by molar-refractivity contribution is 0.297. The summed E-state index contributed by atoms with van der Waals surface area (Å²) in [5, 5.41) is 0. The lowest BCUT2D eigenvalue weighted by atomic mass is 10.0. The Hall–Kier alpha value is -0.700. The standard InChI is InChI=1S/C12H15BrO2/c1-8(2)9-6-11-12(7-10(9)13)15-5-3-4-14-11/h6-8H,3-5H2,1-2H3. The Morgan fingerprint density at radius 2 is 1.73 bits per heavy atom. The molecule has 0 unspecified atom stereocenters. The summed E-state index contributed by atoms with van der Waals surface area (Å²) in [6.07, 6.45) is 0.948. The maximum Gasteiger partial charge on any atom is 0.162 e. The van der Waals surface area contributed by atoms with Gasteiger partial charge in [-0.25, -0.2) is 0 Å². The molecule has 0 saturated heterocycles. The molecule has 0 aromatic heterocycles. The van der Waals surface area contributed by atoms with Crippen LogP contribution in [0.3, 0.4) is 0 Å². The van der Waals surface area contributed by atoms with E-state index in [0.29, 0.717) is 5.92 Å². The van der Waals surface area contributed by atoms with E-state index in [0.717, 1.165) is 35.6 Å². The smallest absolute Gasteiger partial charge is 0.162 e. The van der Waals surface area contributed by atoms with Crippen LogP contribution in [0, 0.1) is 0 Å². The van der Waals surface area contributed by atoms with E-state index in [1.807, 2.05) is 6.07 Å². The minimum absolute atomic E-state index is 0.483. The molecule has 0 aliphatic carbocycles. The molecule has 0 amide bonds. The van der Waals surface area contributed by atoms with Crippen LogP contribution in [0.5, 0.6) is 11.5 Å². The fourth-order valence-corrected chi connectivity index (χ4v) is 2.42. The van der Waals surface area contributed by atoms with E-state index < -0.39 is 0 Å². The van der Waals surface area contributed by atoms with Gasteiger partial charge in [0, 0.05) is 10.9 Å². The molecule has 0 atom stereocenters. The third kappa shape index (κ3) is 2.28. The largest absolute Gasteiger partial charge is 0.490 e. The monoisotopic (exact) mass is 270 g/mol. The molecule has 3 heteroatoms. The van der Waals surface area contributed by atoms with Gasteiger partial charge in [0.15, 0.2) is 11.5 Å². The molecule has 0 bridgehead atoms. The Bertz CT molecular complexity index is 361. The van der Waals surface area contributed by atoms with E-state index in [9.17, 15) is 0 Å². The average molecular weight is 271 g/mol. The van der Waals surface area contributed by atoms with Crippen LogP contribution in [0.25, 0.3) is 0 Å². The fourth-order valence-electron chi connectivity index (χ4n) is 1.64. The van der Waals surface area contributed by atoms with Crippen LogP contribution >= 0.6 is 15.9 Å². The van der Waals surface area contributed by atoms with E-state index in [1.165, 1.54) is 5.56 Å². The molecule has 1 heterocycles. The highest BCUT2D eigenvalue weighted by Gasteiger charge is 2.15. The zero-order valence-electron chi connectivity index (χ0n) is 9.05. The van der Waals surface area contributed by atoms with Gasteiger partial charge in [-0.2, -0.15) is 0 Å². The Kier molecular flexibility index (Phi) is 3.19. The molecular weight excluding hydrogens is 256 g/mol. The minimum Gasteiger partial charge on any atom is -0.490 e. The molecule has 0 radical (unpaired) electrons. The van der Waals surface area contributed by atoms with Crippen molar-refractivity contribution in [2.45, 2.75) is 26.2 Å². The molecule has 82 valence electrons. The highest BCUT2D eigenvalue weighted by Crippen LogP contribution is 2.37. The molecule has 0 fully saturated rings. The van der Waals surface area contributed by atoms with Crippen LogP contribution in [0.2, 0.25) is 0 Å². The lowest BCUT2D eigenvalue weighted by Gasteiger charge is -2.13. The quantitative estimate of drug-likeness (QED) is 0.774. The number of hydrogen-bond donors (Lipinski definition) is 0. The van der Waals surface area contributed by atoms with Crippen LogP contribution < -0.4 is 9.47 Å². The van der Waals surface area contributed by atoms with E-state index in [1.54, 1.807) is 0 Å². The summed E-state index contributed by atoms with van der Waals surface area (Å²) in [5.41, 5.74) is 1.26. The Morgan fingerprint density at radius 1 is 1.13 bits per heavy atom. The van der Waals surface area contributed by atoms with Gasteiger partial charge in [0.05, 0.1) is 13.2 Å². The molecule has 0 saturated carbocycles. The highest BCUT2D eigenvalue weighted by atomic mass is 79.9. The molecule has 1 aliphatic rings. The summed E-state index contributed by atoms with van der Waals surface area (Å²) >= 11 is 3.57. The number of benzene rings is 1. The topological polar surface area (TPSA) is 18.5 Å². The maximum absolute atomic E-state index is 5.65. The molecule has 0 spiro atoms. The first-order valence-electron chi connectivity index (χ1n) is 5.27. The van der Waals surface area contributed by atoms with Gasteiger partial charge in [-0.3, -0.25) is 0 Å². The third-order valence-electron chi connectivity index (χ3n) is 2.49. The van der Waals surface area contributed by atoms with Crippen LogP contribution in [-0.4, -0.2) is 13.2 Å². The second kappa shape index (κ2) is 4.44. The Labute approximate surface area is 98.7 Å². The van der Waals surface area contributed by atoms with Crippen molar-refractivity contribution in [3.05, 3.63) is 22.2 Å². The molecule has 1 aliphatic heterocycles. The third-order valence-corrected chi connectivity index (χ3v) is 3.18. The summed E-state index contributed by atoms with van der Waals surface area (Å²) in [5.74, 6) is 2.21. The van der Waals surface area contributed by atoms with Gasteiger partial charge < -0.3 is 9.47 Å². The predicted molar refractivity (Wildman–Crippen MR) is 63.8 cm³/mol. The fraction of sp³-hybridized carbons (Fsp3) is 0.500. The molecule has 2 nitrogen and oxygen atoms in total. The van der Waals surface area contributed by atoms with E-state index in [2.05, 4.69) is 35.8 Å². The highest BCUT2D eigenvalue weighted by molar-refractivity contribution is 9.10. The van der Waals surface area contributed by atoms with Crippen LogP contribution in [-0.2, 0) is 0 Å². The van der Waals surface area contributed by atoms with Crippen molar-refractivity contribution in [1.82, 2.24) is 0 Å². The maximum atomic E-state index is 5.65. The zero-order chi connectivity index (χ0) is 10.8. The summed E-state index contributed by atoms with van der Waals surface area (Å²) in [4.78, 5) is 0. The summed E-state index contributed by atoms with van der Waals surface area (Å²) in [6, 6.07) is 4.09. The van der Waals surface area contributed by atoms with Crippen molar-refractivity contribution in [1.29, 1.82) is 0 Å². The van der Waals surface area contributed by atoms with Gasteiger partial charge >= 0.3 is 0 Å². The SMILES string of the molecule is CC(C)c1cc2c(cc1Br)OCCCO2. The van der Waals surface area contributed by atoms with Crippen molar-refractivity contribution in [2.24, 2.45) is 0 Å². The van der Waals surface area contributed by atoms with Crippen LogP contribution in [0.15, 0.2) is 16.6 Å². The van der Waals surface area contributed by atoms with Crippen molar-refractivity contribution in [2.75, 3.05) is 13.2 Å². The second-order valence-corrected chi connectivity index (χ2v) is 4.88.